The van der Waals surface area contributed by atoms with Crippen LogP contribution in [0, 0.1) is 6.92 Å². The van der Waals surface area contributed by atoms with Crippen LogP contribution in [0.5, 0.6) is 5.75 Å². The summed E-state index contributed by atoms with van der Waals surface area (Å²) < 4.78 is 11.6. The van der Waals surface area contributed by atoms with Crippen LogP contribution in [0.15, 0.2) is 47.5 Å². The van der Waals surface area contributed by atoms with Crippen molar-refractivity contribution >= 4 is 52.4 Å². The van der Waals surface area contributed by atoms with E-state index in [1.165, 1.54) is 11.1 Å². The van der Waals surface area contributed by atoms with E-state index in [0.29, 0.717) is 60.7 Å². The van der Waals surface area contributed by atoms with E-state index >= 15 is 0 Å². The Hall–Kier alpha value is -3.09. The Morgan fingerprint density at radius 2 is 1.87 bits per heavy atom. The van der Waals surface area contributed by atoms with Gasteiger partial charge in [0.1, 0.15) is 10.8 Å². The second kappa shape index (κ2) is 18.5. The first-order valence-electron chi connectivity index (χ1n) is 16.5. The molecule has 1 fully saturated rings. The summed E-state index contributed by atoms with van der Waals surface area (Å²) in [6, 6.07) is 12.4. The first-order chi connectivity index (χ1) is 22.6. The van der Waals surface area contributed by atoms with E-state index in [9.17, 15) is 4.79 Å². The number of nitrogens with zero attached hydrogens (tertiary/aromatic N) is 3. The average Bonchev–Trinajstić information content (AvgIpc) is 3.03. The van der Waals surface area contributed by atoms with Crippen LogP contribution in [-0.4, -0.2) is 78.1 Å². The zero-order chi connectivity index (χ0) is 33.8. The third-order valence-corrected chi connectivity index (χ3v) is 9.10. The number of rotatable bonds is 17. The molecule has 2 heterocycles. The van der Waals surface area contributed by atoms with E-state index in [4.69, 9.17) is 31.8 Å². The standard InChI is InChI=1S/C35H50ClN7O3S/c1-23(2)46-31-21-27(26-10-15-43(16-11-26)17-12-33(44)38-14-19-45-18-13-37)25(5)20-30(31)41-35-39-22-28(36)34(42-35)40-29-8-6-7-9-32(29)47-24(3)4/h6-9,20-24,26H,10-19,37H2,1-5H3,(H,38,44)(H2,39,40,41,42). The van der Waals surface area contributed by atoms with Gasteiger partial charge in [-0.15, -0.1) is 11.8 Å². The number of piperidine rings is 1. The molecular weight excluding hydrogens is 634 g/mol. The smallest absolute Gasteiger partial charge is 0.229 e. The van der Waals surface area contributed by atoms with Crippen LogP contribution in [0.25, 0.3) is 0 Å². The van der Waals surface area contributed by atoms with Gasteiger partial charge < -0.3 is 36.1 Å². The summed E-state index contributed by atoms with van der Waals surface area (Å²) in [6.45, 7) is 15.2. The highest BCUT2D eigenvalue weighted by Gasteiger charge is 2.24. The number of anilines is 4. The molecule has 1 amide bonds. The highest BCUT2D eigenvalue weighted by atomic mass is 35.5. The van der Waals surface area contributed by atoms with Crippen LogP contribution in [0.4, 0.5) is 23.1 Å². The van der Waals surface area contributed by atoms with Crippen molar-refractivity contribution in [3.05, 3.63) is 58.7 Å². The Balaban J connectivity index is 1.41. The van der Waals surface area contributed by atoms with Crippen molar-refractivity contribution in [2.24, 2.45) is 5.73 Å². The molecule has 0 atom stereocenters. The summed E-state index contributed by atoms with van der Waals surface area (Å²) in [5.41, 5.74) is 9.65. The van der Waals surface area contributed by atoms with E-state index < -0.39 is 0 Å². The lowest BCUT2D eigenvalue weighted by molar-refractivity contribution is -0.121. The fraction of sp³-hybridized carbons (Fsp3) is 0.514. The quantitative estimate of drug-likeness (QED) is 0.0884. The van der Waals surface area contributed by atoms with Gasteiger partial charge in [0.2, 0.25) is 11.9 Å². The van der Waals surface area contributed by atoms with Gasteiger partial charge in [0.05, 0.1) is 36.9 Å². The zero-order valence-corrected chi connectivity index (χ0v) is 29.8. The number of para-hydroxylation sites is 1. The van der Waals surface area contributed by atoms with Gasteiger partial charge in [-0.1, -0.05) is 37.6 Å². The molecule has 1 aliphatic rings. The Bertz CT molecular complexity index is 1450. The predicted octanol–water partition coefficient (Wildman–Crippen LogP) is 6.87. The molecule has 256 valence electrons. The lowest BCUT2D eigenvalue weighted by Crippen LogP contribution is -2.37. The van der Waals surface area contributed by atoms with Gasteiger partial charge >= 0.3 is 0 Å². The summed E-state index contributed by atoms with van der Waals surface area (Å²) in [5, 5.41) is 10.6. The van der Waals surface area contributed by atoms with Crippen molar-refractivity contribution in [2.75, 3.05) is 56.6 Å². The normalized spacial score (nSPS) is 14.1. The topological polar surface area (TPSA) is 127 Å². The van der Waals surface area contributed by atoms with Crippen molar-refractivity contribution < 1.29 is 14.3 Å². The van der Waals surface area contributed by atoms with E-state index in [2.05, 4.69) is 64.8 Å². The molecule has 0 saturated carbocycles. The number of thioether (sulfide) groups is 1. The second-order valence-electron chi connectivity index (χ2n) is 12.3. The van der Waals surface area contributed by atoms with Gasteiger partial charge in [0.15, 0.2) is 5.82 Å². The second-order valence-corrected chi connectivity index (χ2v) is 14.3. The van der Waals surface area contributed by atoms with Crippen LogP contribution in [0.3, 0.4) is 0 Å². The first-order valence-corrected chi connectivity index (χ1v) is 17.8. The number of hydrogen-bond donors (Lipinski definition) is 4. The first kappa shape index (κ1) is 36.7. The summed E-state index contributed by atoms with van der Waals surface area (Å²) in [7, 11) is 0. The SMILES string of the molecule is Cc1cc(Nc2ncc(Cl)c(Nc3ccccc3SC(C)C)n2)c(OC(C)C)cc1C1CCN(CCC(=O)NCCOCCN)CC1. The van der Waals surface area contributed by atoms with Crippen molar-refractivity contribution in [3.8, 4) is 5.75 Å². The molecule has 47 heavy (non-hydrogen) atoms. The lowest BCUT2D eigenvalue weighted by Gasteiger charge is -2.33. The molecule has 1 aromatic heterocycles. The molecule has 0 bridgehead atoms. The summed E-state index contributed by atoms with van der Waals surface area (Å²) in [5.74, 6) is 2.19. The fourth-order valence-electron chi connectivity index (χ4n) is 5.55. The maximum atomic E-state index is 12.2. The van der Waals surface area contributed by atoms with Gasteiger partial charge in [0.25, 0.3) is 0 Å². The number of amides is 1. The number of carbonyl (C=O) groups excluding carboxylic acids is 1. The van der Waals surface area contributed by atoms with E-state index in [-0.39, 0.29) is 12.0 Å². The molecule has 4 rings (SSSR count). The number of nitrogens with two attached hydrogens (primary N) is 1. The monoisotopic (exact) mass is 683 g/mol. The van der Waals surface area contributed by atoms with Crippen LogP contribution in [0.1, 0.15) is 64.0 Å². The van der Waals surface area contributed by atoms with Crippen molar-refractivity contribution in [3.63, 3.8) is 0 Å². The Labute approximate surface area is 288 Å². The summed E-state index contributed by atoms with van der Waals surface area (Å²) >= 11 is 8.32. The molecule has 0 radical (unpaired) electrons. The Kier molecular flexibility index (Phi) is 14.4. The molecule has 10 nitrogen and oxygen atoms in total. The van der Waals surface area contributed by atoms with Crippen LogP contribution >= 0.6 is 23.4 Å². The maximum absolute atomic E-state index is 12.2. The average molecular weight is 684 g/mol. The van der Waals surface area contributed by atoms with Crippen LogP contribution in [-0.2, 0) is 9.53 Å². The lowest BCUT2D eigenvalue weighted by atomic mass is 9.86. The number of hydrogen-bond acceptors (Lipinski definition) is 10. The van der Waals surface area contributed by atoms with Crippen molar-refractivity contribution in [2.45, 2.75) is 76.0 Å². The highest BCUT2D eigenvalue weighted by molar-refractivity contribution is 8.00. The number of carbonyl (C=O) groups is 1. The van der Waals surface area contributed by atoms with Crippen molar-refractivity contribution in [1.29, 1.82) is 0 Å². The number of halogens is 1. The largest absolute Gasteiger partial charge is 0.489 e. The number of aryl methyl sites for hydroxylation is 1. The predicted molar refractivity (Wildman–Crippen MR) is 194 cm³/mol. The van der Waals surface area contributed by atoms with E-state index in [0.717, 1.165) is 54.5 Å². The molecule has 0 aliphatic carbocycles. The molecule has 2 aromatic carbocycles. The summed E-state index contributed by atoms with van der Waals surface area (Å²) in [4.78, 5) is 25.0. The minimum Gasteiger partial charge on any atom is -0.489 e. The van der Waals surface area contributed by atoms with Gasteiger partial charge in [-0.2, -0.15) is 4.98 Å². The summed E-state index contributed by atoms with van der Waals surface area (Å²) in [6.07, 6.45) is 4.13. The Morgan fingerprint density at radius 1 is 1.11 bits per heavy atom. The maximum Gasteiger partial charge on any atom is 0.229 e. The third kappa shape index (κ3) is 11.5. The van der Waals surface area contributed by atoms with Gasteiger partial charge in [0, 0.05) is 36.2 Å². The Morgan fingerprint density at radius 3 is 2.60 bits per heavy atom. The highest BCUT2D eigenvalue weighted by Crippen LogP contribution is 2.39. The molecule has 1 saturated heterocycles. The zero-order valence-electron chi connectivity index (χ0n) is 28.3. The molecule has 3 aromatic rings. The van der Waals surface area contributed by atoms with Crippen LogP contribution in [0.2, 0.25) is 5.02 Å². The minimum atomic E-state index is -0.00959. The minimum absolute atomic E-state index is 0.00959. The fourth-order valence-corrected chi connectivity index (χ4v) is 6.60. The molecular formula is C35H50ClN7O3S. The third-order valence-electron chi connectivity index (χ3n) is 7.74. The molecule has 5 N–H and O–H groups in total. The number of benzene rings is 2. The van der Waals surface area contributed by atoms with Crippen molar-refractivity contribution in [1.82, 2.24) is 20.2 Å². The molecule has 0 unspecified atom stereocenters. The number of likely N-dealkylation sites (tertiary alicyclic amines) is 1. The molecule has 1 aliphatic heterocycles. The molecule has 12 heteroatoms. The van der Waals surface area contributed by atoms with Gasteiger partial charge in [-0.25, -0.2) is 4.98 Å². The molecule has 0 spiro atoms. The number of aromatic nitrogens is 2. The number of nitrogens with one attached hydrogen (secondary N) is 3. The van der Waals surface area contributed by atoms with Crippen LogP contribution < -0.4 is 26.4 Å². The van der Waals surface area contributed by atoms with E-state index in [1.807, 2.05) is 32.0 Å². The van der Waals surface area contributed by atoms with Gasteiger partial charge in [-0.3, -0.25) is 4.79 Å². The number of ether oxygens (including phenoxy) is 2. The van der Waals surface area contributed by atoms with Gasteiger partial charge in [-0.05, 0) is 88.0 Å². The van der Waals surface area contributed by atoms with E-state index in [1.54, 1.807) is 18.0 Å².